The van der Waals surface area contributed by atoms with Crippen molar-refractivity contribution in [2.45, 2.75) is 29.7 Å². The Morgan fingerprint density at radius 1 is 1.04 bits per heavy atom. The van der Waals surface area contributed by atoms with E-state index >= 15 is 0 Å². The molecule has 0 bridgehead atoms. The summed E-state index contributed by atoms with van der Waals surface area (Å²) in [5, 5.41) is 0. The van der Waals surface area contributed by atoms with Gasteiger partial charge >= 0.3 is 0 Å². The van der Waals surface area contributed by atoms with Crippen molar-refractivity contribution >= 4 is 35.0 Å². The summed E-state index contributed by atoms with van der Waals surface area (Å²) in [6, 6.07) is 14.9. The molecule has 1 heterocycles. The van der Waals surface area contributed by atoms with E-state index in [1.54, 1.807) is 16.7 Å². The van der Waals surface area contributed by atoms with Gasteiger partial charge in [-0.1, -0.05) is 49.9 Å². The Kier molecular flexibility index (Phi) is 5.61. The first-order valence-electron chi connectivity index (χ1n) is 8.46. The van der Waals surface area contributed by atoms with Crippen molar-refractivity contribution in [2.24, 2.45) is 11.7 Å². The fourth-order valence-corrected chi connectivity index (χ4v) is 3.70. The number of para-hydroxylation sites is 2. The molecule has 3 rings (SSSR count). The van der Waals surface area contributed by atoms with E-state index in [1.807, 2.05) is 62.4 Å². The van der Waals surface area contributed by atoms with Crippen LogP contribution in [0.5, 0.6) is 0 Å². The zero-order chi connectivity index (χ0) is 18.7. The monoisotopic (exact) mass is 370 g/mol. The molecule has 0 spiro atoms. The molecule has 2 amide bonds. The second-order valence-corrected chi connectivity index (χ2v) is 7.46. The first-order valence-corrected chi connectivity index (χ1v) is 9.28. The maximum absolute atomic E-state index is 12.9. The summed E-state index contributed by atoms with van der Waals surface area (Å²) in [4.78, 5) is 28.5. The van der Waals surface area contributed by atoms with Crippen LogP contribution in [0, 0.1) is 5.92 Å². The van der Waals surface area contributed by atoms with Crippen LogP contribution < -0.4 is 21.5 Å². The van der Waals surface area contributed by atoms with E-state index in [9.17, 15) is 9.59 Å². The molecule has 1 atom stereocenters. The van der Waals surface area contributed by atoms with E-state index in [-0.39, 0.29) is 24.3 Å². The molecule has 0 saturated heterocycles. The largest absolute Gasteiger partial charge is 0.320 e. The van der Waals surface area contributed by atoms with Gasteiger partial charge in [0.25, 0.3) is 5.91 Å². The summed E-state index contributed by atoms with van der Waals surface area (Å²) >= 11 is 1.64. The van der Waals surface area contributed by atoms with E-state index in [0.29, 0.717) is 0 Å². The van der Waals surface area contributed by atoms with Crippen molar-refractivity contribution < 1.29 is 9.59 Å². The van der Waals surface area contributed by atoms with E-state index in [2.05, 4.69) is 10.9 Å². The Labute approximate surface area is 157 Å². The second kappa shape index (κ2) is 7.90. The van der Waals surface area contributed by atoms with Gasteiger partial charge in [-0.15, -0.1) is 0 Å². The van der Waals surface area contributed by atoms with Crippen LogP contribution in [0.3, 0.4) is 0 Å². The smallest absolute Gasteiger partial charge is 0.251 e. The first kappa shape index (κ1) is 18.4. The topological polar surface area (TPSA) is 87.5 Å². The van der Waals surface area contributed by atoms with Crippen LogP contribution in [0.25, 0.3) is 0 Å². The van der Waals surface area contributed by atoms with Crippen LogP contribution in [0.4, 0.5) is 11.4 Å². The lowest BCUT2D eigenvalue weighted by atomic mass is 10.1. The molecule has 2 aromatic carbocycles. The molecule has 1 aliphatic heterocycles. The summed E-state index contributed by atoms with van der Waals surface area (Å²) in [6.07, 6.45) is 0. The van der Waals surface area contributed by atoms with Gasteiger partial charge in [0, 0.05) is 9.79 Å². The number of anilines is 2. The molecular formula is C19H22N4O2S. The predicted molar refractivity (Wildman–Crippen MR) is 103 cm³/mol. The van der Waals surface area contributed by atoms with Gasteiger partial charge in [-0.3, -0.25) is 19.9 Å². The van der Waals surface area contributed by atoms with Crippen molar-refractivity contribution in [3.63, 3.8) is 0 Å². The molecule has 7 heteroatoms. The number of carbonyl (C=O) groups excluding carboxylic acids is 2. The van der Waals surface area contributed by atoms with Gasteiger partial charge in [0.1, 0.15) is 0 Å². The highest BCUT2D eigenvalue weighted by atomic mass is 32.2. The minimum atomic E-state index is -0.620. The molecule has 0 saturated carbocycles. The maximum atomic E-state index is 12.9. The molecule has 0 aliphatic carbocycles. The molecule has 1 aliphatic rings. The first-order chi connectivity index (χ1) is 12.5. The number of rotatable bonds is 5. The van der Waals surface area contributed by atoms with Crippen molar-refractivity contribution in [2.75, 3.05) is 11.4 Å². The Morgan fingerprint density at radius 3 is 2.12 bits per heavy atom. The summed E-state index contributed by atoms with van der Waals surface area (Å²) in [5.74, 6) is -0.475. The van der Waals surface area contributed by atoms with Gasteiger partial charge in [-0.2, -0.15) is 0 Å². The summed E-state index contributed by atoms with van der Waals surface area (Å²) in [5.41, 5.74) is 12.7. The van der Waals surface area contributed by atoms with E-state index in [0.717, 1.165) is 21.2 Å². The highest BCUT2D eigenvalue weighted by Gasteiger charge is 2.27. The molecule has 0 unspecified atom stereocenters. The van der Waals surface area contributed by atoms with Crippen molar-refractivity contribution in [1.29, 1.82) is 0 Å². The minimum absolute atomic E-state index is 0.0189. The zero-order valence-electron chi connectivity index (χ0n) is 14.7. The van der Waals surface area contributed by atoms with Crippen molar-refractivity contribution in [3.05, 3.63) is 48.5 Å². The molecule has 0 radical (unpaired) electrons. The number of nitrogens with two attached hydrogens (primary N) is 1. The molecule has 0 aromatic heterocycles. The highest BCUT2D eigenvalue weighted by molar-refractivity contribution is 7.99. The minimum Gasteiger partial charge on any atom is -0.320 e. The number of hydrazine groups is 1. The van der Waals surface area contributed by atoms with Crippen LogP contribution in [0.1, 0.15) is 13.8 Å². The molecule has 136 valence electrons. The van der Waals surface area contributed by atoms with Crippen LogP contribution in [-0.2, 0) is 9.59 Å². The van der Waals surface area contributed by atoms with Crippen LogP contribution >= 0.6 is 11.8 Å². The number of carbonyl (C=O) groups is 2. The number of nitrogens with one attached hydrogen (secondary N) is 2. The second-order valence-electron chi connectivity index (χ2n) is 6.38. The Hall–Kier alpha value is -2.35. The lowest BCUT2D eigenvalue weighted by molar-refractivity contribution is -0.124. The van der Waals surface area contributed by atoms with Gasteiger partial charge in [-0.25, -0.2) is 5.43 Å². The van der Waals surface area contributed by atoms with Crippen molar-refractivity contribution in [1.82, 2.24) is 10.9 Å². The molecular weight excluding hydrogens is 348 g/mol. The number of nitrogens with zero attached hydrogens (tertiary/aromatic N) is 1. The fraction of sp³-hybridized carbons (Fsp3) is 0.263. The van der Waals surface area contributed by atoms with E-state index in [1.165, 1.54) is 0 Å². The summed E-state index contributed by atoms with van der Waals surface area (Å²) < 4.78 is 0. The van der Waals surface area contributed by atoms with Gasteiger partial charge in [0.2, 0.25) is 5.91 Å². The third-order valence-electron chi connectivity index (χ3n) is 4.15. The quantitative estimate of drug-likeness (QED) is 0.704. The van der Waals surface area contributed by atoms with Gasteiger partial charge in [-0.05, 0) is 30.2 Å². The highest BCUT2D eigenvalue weighted by Crippen LogP contribution is 2.47. The molecule has 6 nitrogen and oxygen atoms in total. The lowest BCUT2D eigenvalue weighted by Crippen LogP contribution is -2.51. The van der Waals surface area contributed by atoms with Gasteiger partial charge in [0.15, 0.2) is 0 Å². The molecule has 26 heavy (non-hydrogen) atoms. The SMILES string of the molecule is CC(C)[C@H](N)C(=O)NNCC(=O)N1c2ccccc2Sc2ccccc21. The number of hydrogen-bond acceptors (Lipinski definition) is 5. The Bertz CT molecular complexity index is 779. The lowest BCUT2D eigenvalue weighted by Gasteiger charge is -2.31. The Morgan fingerprint density at radius 2 is 1.58 bits per heavy atom. The number of amides is 2. The fourth-order valence-electron chi connectivity index (χ4n) is 2.65. The average Bonchev–Trinajstić information content (AvgIpc) is 2.64. The van der Waals surface area contributed by atoms with Crippen LogP contribution in [-0.4, -0.2) is 24.4 Å². The summed E-state index contributed by atoms with van der Waals surface area (Å²) in [7, 11) is 0. The maximum Gasteiger partial charge on any atom is 0.251 e. The molecule has 0 fully saturated rings. The molecule has 4 N–H and O–H groups in total. The average molecular weight is 370 g/mol. The van der Waals surface area contributed by atoms with Gasteiger partial charge < -0.3 is 5.73 Å². The van der Waals surface area contributed by atoms with E-state index in [4.69, 9.17) is 5.73 Å². The van der Waals surface area contributed by atoms with Crippen LogP contribution in [0.15, 0.2) is 58.3 Å². The number of hydrogen-bond donors (Lipinski definition) is 3. The van der Waals surface area contributed by atoms with Crippen molar-refractivity contribution in [3.8, 4) is 0 Å². The Balaban J connectivity index is 1.74. The normalized spacial score (nSPS) is 13.8. The van der Waals surface area contributed by atoms with Gasteiger partial charge in [0.05, 0.1) is 24.0 Å². The zero-order valence-corrected chi connectivity index (χ0v) is 15.5. The number of fused-ring (bicyclic) bond motifs is 2. The third kappa shape index (κ3) is 3.75. The third-order valence-corrected chi connectivity index (χ3v) is 5.28. The standard InChI is InChI=1S/C19H22N4O2S/c1-12(2)18(20)19(25)22-21-11-17(24)23-13-7-3-5-9-15(13)26-16-10-6-4-8-14(16)23/h3-10,12,18,21H,11,20H2,1-2H3,(H,22,25)/t18-/m0/s1. The van der Waals surface area contributed by atoms with E-state index < -0.39 is 6.04 Å². The van der Waals surface area contributed by atoms with Crippen LogP contribution in [0.2, 0.25) is 0 Å². The number of benzene rings is 2. The summed E-state index contributed by atoms with van der Waals surface area (Å²) in [6.45, 7) is 3.70. The predicted octanol–water partition coefficient (Wildman–Crippen LogP) is 2.42. The molecule has 2 aromatic rings.